The van der Waals surface area contributed by atoms with Crippen molar-refractivity contribution in [2.24, 2.45) is 10.8 Å². The van der Waals surface area contributed by atoms with Crippen LogP contribution in [-0.2, 0) is 12.8 Å². The van der Waals surface area contributed by atoms with Crippen molar-refractivity contribution in [3.63, 3.8) is 0 Å². The Hall–Kier alpha value is -0.780. The van der Waals surface area contributed by atoms with Gasteiger partial charge in [-0.1, -0.05) is 83.6 Å². The van der Waals surface area contributed by atoms with E-state index in [-0.39, 0.29) is 0 Å². The summed E-state index contributed by atoms with van der Waals surface area (Å²) in [7, 11) is 0. The molecule has 1 aromatic rings. The van der Waals surface area contributed by atoms with Crippen molar-refractivity contribution in [2.75, 3.05) is 0 Å². The molecule has 1 aromatic carbocycles. The van der Waals surface area contributed by atoms with Crippen molar-refractivity contribution >= 4 is 0 Å². The molecular formula is C26H44. The van der Waals surface area contributed by atoms with E-state index in [1.165, 1.54) is 89.0 Å². The Bertz CT molecular complexity index is 527. The predicted molar refractivity (Wildman–Crippen MR) is 117 cm³/mol. The molecule has 0 atom stereocenters. The fourth-order valence-corrected chi connectivity index (χ4v) is 4.06. The molecule has 1 aliphatic rings. The van der Waals surface area contributed by atoms with E-state index in [9.17, 15) is 0 Å². The van der Waals surface area contributed by atoms with E-state index in [0.717, 1.165) is 5.41 Å². The van der Waals surface area contributed by atoms with E-state index in [2.05, 4.69) is 52.8 Å². The largest absolute Gasteiger partial charge is 0.0602 e. The molecule has 0 radical (unpaired) electrons. The molecule has 0 heteroatoms. The van der Waals surface area contributed by atoms with Crippen molar-refractivity contribution in [1.29, 1.82) is 0 Å². The average Bonchev–Trinajstić information content (AvgIpc) is 3.28. The standard InChI is InChI=1S/C26H44/c1-22-15-16-23(13-9-6-7-11-17-25(2,3)4)24(21-22)14-10-8-12-18-26(5)19-20-26/h15-16,21H,6-14,17-20H2,1-5H3. The SMILES string of the molecule is Cc1ccc(CCCCCCC(C)(C)C)c(CCCCCC2(C)CC2)c1. The lowest BCUT2D eigenvalue weighted by atomic mass is 9.89. The van der Waals surface area contributed by atoms with E-state index in [1.807, 2.05) is 0 Å². The highest BCUT2D eigenvalue weighted by molar-refractivity contribution is 5.31. The number of benzene rings is 1. The van der Waals surface area contributed by atoms with Crippen LogP contribution in [0.15, 0.2) is 18.2 Å². The van der Waals surface area contributed by atoms with Gasteiger partial charge in [-0.3, -0.25) is 0 Å². The first-order valence-electron chi connectivity index (χ1n) is 11.4. The summed E-state index contributed by atoms with van der Waals surface area (Å²) in [5.41, 5.74) is 5.93. The van der Waals surface area contributed by atoms with Gasteiger partial charge in [0.15, 0.2) is 0 Å². The van der Waals surface area contributed by atoms with Crippen LogP contribution in [0.3, 0.4) is 0 Å². The maximum Gasteiger partial charge on any atom is -0.0276 e. The molecule has 1 saturated carbocycles. The Morgan fingerprint density at radius 3 is 2.08 bits per heavy atom. The zero-order chi connectivity index (χ0) is 19.0. The first-order chi connectivity index (χ1) is 12.3. The molecule has 0 amide bonds. The van der Waals surface area contributed by atoms with Gasteiger partial charge >= 0.3 is 0 Å². The second kappa shape index (κ2) is 9.95. The van der Waals surface area contributed by atoms with Crippen molar-refractivity contribution in [3.8, 4) is 0 Å². The molecule has 0 bridgehead atoms. The van der Waals surface area contributed by atoms with E-state index in [1.54, 1.807) is 11.1 Å². The van der Waals surface area contributed by atoms with Crippen molar-refractivity contribution in [1.82, 2.24) is 0 Å². The molecule has 148 valence electrons. The third-order valence-corrected chi connectivity index (χ3v) is 6.31. The number of rotatable bonds is 12. The minimum Gasteiger partial charge on any atom is -0.0602 e. The Morgan fingerprint density at radius 1 is 0.808 bits per heavy atom. The summed E-state index contributed by atoms with van der Waals surface area (Å²) in [5, 5.41) is 0. The molecule has 0 nitrogen and oxygen atoms in total. The fourth-order valence-electron chi connectivity index (χ4n) is 4.06. The molecule has 26 heavy (non-hydrogen) atoms. The minimum atomic E-state index is 0.501. The summed E-state index contributed by atoms with van der Waals surface area (Å²) >= 11 is 0. The van der Waals surface area contributed by atoms with E-state index < -0.39 is 0 Å². The van der Waals surface area contributed by atoms with Gasteiger partial charge < -0.3 is 0 Å². The van der Waals surface area contributed by atoms with Gasteiger partial charge in [0.25, 0.3) is 0 Å². The van der Waals surface area contributed by atoms with Gasteiger partial charge in [-0.15, -0.1) is 0 Å². The molecule has 0 saturated heterocycles. The predicted octanol–water partition coefficient (Wildman–Crippen LogP) is 8.44. The second-order valence-electron chi connectivity index (χ2n) is 10.6. The van der Waals surface area contributed by atoms with E-state index in [0.29, 0.717) is 5.41 Å². The van der Waals surface area contributed by atoms with Gasteiger partial charge in [0, 0.05) is 0 Å². The summed E-state index contributed by atoms with van der Waals surface area (Å²) in [6.45, 7) is 11.8. The quantitative estimate of drug-likeness (QED) is 0.329. The second-order valence-corrected chi connectivity index (χ2v) is 10.6. The van der Waals surface area contributed by atoms with Gasteiger partial charge in [0.2, 0.25) is 0 Å². The monoisotopic (exact) mass is 356 g/mol. The van der Waals surface area contributed by atoms with Crippen molar-refractivity contribution in [2.45, 2.75) is 118 Å². The fraction of sp³-hybridized carbons (Fsp3) is 0.769. The Balaban J connectivity index is 1.67. The van der Waals surface area contributed by atoms with Gasteiger partial charge in [0.1, 0.15) is 0 Å². The number of aryl methyl sites for hydroxylation is 3. The van der Waals surface area contributed by atoms with Crippen LogP contribution < -0.4 is 0 Å². The molecule has 1 aliphatic carbocycles. The molecular weight excluding hydrogens is 312 g/mol. The molecule has 0 heterocycles. The third-order valence-electron chi connectivity index (χ3n) is 6.31. The highest BCUT2D eigenvalue weighted by atomic mass is 14.4. The highest BCUT2D eigenvalue weighted by Gasteiger charge is 2.35. The van der Waals surface area contributed by atoms with E-state index in [4.69, 9.17) is 0 Å². The normalized spacial score (nSPS) is 16.0. The zero-order valence-corrected chi connectivity index (χ0v) is 18.4. The molecule has 0 aromatic heterocycles. The van der Waals surface area contributed by atoms with Gasteiger partial charge in [-0.25, -0.2) is 0 Å². The average molecular weight is 357 g/mol. The topological polar surface area (TPSA) is 0 Å². The maximum atomic E-state index is 2.47. The van der Waals surface area contributed by atoms with Crippen LogP contribution in [0.1, 0.15) is 115 Å². The maximum absolute atomic E-state index is 2.47. The molecule has 0 unspecified atom stereocenters. The summed E-state index contributed by atoms with van der Waals surface area (Å²) in [4.78, 5) is 0. The summed E-state index contributed by atoms with van der Waals surface area (Å²) in [5.74, 6) is 0. The molecule has 0 N–H and O–H groups in total. The smallest absolute Gasteiger partial charge is 0.0276 e. The lowest BCUT2D eigenvalue weighted by Crippen LogP contribution is -2.04. The number of hydrogen-bond donors (Lipinski definition) is 0. The Labute approximate surface area is 164 Å². The van der Waals surface area contributed by atoms with Crippen LogP contribution in [0.4, 0.5) is 0 Å². The van der Waals surface area contributed by atoms with Gasteiger partial charge in [0.05, 0.1) is 0 Å². The minimum absolute atomic E-state index is 0.501. The summed E-state index contributed by atoms with van der Waals surface area (Å²) in [6.07, 6.45) is 18.1. The van der Waals surface area contributed by atoms with Crippen LogP contribution in [0.25, 0.3) is 0 Å². The number of unbranched alkanes of at least 4 members (excludes halogenated alkanes) is 5. The van der Waals surface area contributed by atoms with E-state index >= 15 is 0 Å². The molecule has 2 rings (SSSR count). The first-order valence-corrected chi connectivity index (χ1v) is 11.4. The van der Waals surface area contributed by atoms with Gasteiger partial charge in [-0.05, 0) is 80.2 Å². The molecule has 0 spiro atoms. The van der Waals surface area contributed by atoms with Crippen molar-refractivity contribution < 1.29 is 0 Å². The van der Waals surface area contributed by atoms with Crippen LogP contribution in [-0.4, -0.2) is 0 Å². The number of hydrogen-bond acceptors (Lipinski definition) is 0. The highest BCUT2D eigenvalue weighted by Crippen LogP contribution is 2.49. The Kier molecular flexibility index (Phi) is 8.24. The van der Waals surface area contributed by atoms with Gasteiger partial charge in [-0.2, -0.15) is 0 Å². The first kappa shape index (κ1) is 21.5. The third kappa shape index (κ3) is 8.74. The molecule has 1 fully saturated rings. The molecule has 0 aliphatic heterocycles. The Morgan fingerprint density at radius 2 is 1.42 bits per heavy atom. The van der Waals surface area contributed by atoms with Crippen LogP contribution in [0.5, 0.6) is 0 Å². The van der Waals surface area contributed by atoms with Crippen LogP contribution >= 0.6 is 0 Å². The lowest BCUT2D eigenvalue weighted by Gasteiger charge is -2.17. The summed E-state index contributed by atoms with van der Waals surface area (Å²) < 4.78 is 0. The summed E-state index contributed by atoms with van der Waals surface area (Å²) in [6, 6.07) is 7.18. The van der Waals surface area contributed by atoms with Crippen LogP contribution in [0.2, 0.25) is 0 Å². The van der Waals surface area contributed by atoms with Crippen molar-refractivity contribution in [3.05, 3.63) is 34.9 Å². The van der Waals surface area contributed by atoms with Crippen LogP contribution in [0, 0.1) is 17.8 Å². The lowest BCUT2D eigenvalue weighted by molar-refractivity contribution is 0.357. The zero-order valence-electron chi connectivity index (χ0n) is 18.4.